The summed E-state index contributed by atoms with van der Waals surface area (Å²) in [6.07, 6.45) is 2.44. The summed E-state index contributed by atoms with van der Waals surface area (Å²) in [6, 6.07) is 19.2. The molecule has 0 saturated heterocycles. The summed E-state index contributed by atoms with van der Waals surface area (Å²) in [4.78, 5) is 29.3. The lowest BCUT2D eigenvalue weighted by molar-refractivity contribution is -0.141. The van der Waals surface area contributed by atoms with Crippen LogP contribution in [0.2, 0.25) is 10.0 Å². The Morgan fingerprint density at radius 3 is 2.16 bits per heavy atom. The van der Waals surface area contributed by atoms with Gasteiger partial charge in [0.25, 0.3) is 0 Å². The highest BCUT2D eigenvalue weighted by Gasteiger charge is 2.32. The van der Waals surface area contributed by atoms with Gasteiger partial charge in [0.15, 0.2) is 0 Å². The van der Waals surface area contributed by atoms with Crippen molar-refractivity contribution in [1.29, 1.82) is 0 Å². The third-order valence-electron chi connectivity index (χ3n) is 7.59. The average Bonchev–Trinajstić information content (AvgIpc) is 2.95. The van der Waals surface area contributed by atoms with E-state index in [0.717, 1.165) is 29.4 Å². The molecule has 0 aliphatic heterocycles. The van der Waals surface area contributed by atoms with Crippen molar-refractivity contribution >= 4 is 50.7 Å². The Hall–Kier alpha value is -3.07. The summed E-state index contributed by atoms with van der Waals surface area (Å²) >= 11 is 13.0. The van der Waals surface area contributed by atoms with Crippen molar-refractivity contribution in [1.82, 2.24) is 10.2 Å². The Morgan fingerprint density at radius 2 is 1.58 bits per heavy atom. The Labute approximate surface area is 266 Å². The van der Waals surface area contributed by atoms with Crippen molar-refractivity contribution in [3.8, 4) is 0 Å². The molecule has 0 bridgehead atoms. The van der Waals surface area contributed by atoms with Crippen LogP contribution in [0.25, 0.3) is 0 Å². The Balaban J connectivity index is 1.94. The summed E-state index contributed by atoms with van der Waals surface area (Å²) in [6.45, 7) is 7.92. The van der Waals surface area contributed by atoms with Gasteiger partial charge in [-0.05, 0) is 74.6 Å². The smallest absolute Gasteiger partial charge is 0.243 e. The van der Waals surface area contributed by atoms with Crippen LogP contribution in [0.4, 0.5) is 5.69 Å². The van der Waals surface area contributed by atoms with E-state index >= 15 is 0 Å². The number of aryl methyl sites for hydroxylation is 2. The third kappa shape index (κ3) is 9.71. The standard InChI is InChI=1S/C33H41Cl2N3O4S/c1-6-25(4)36-33(40)31(21-26-12-8-7-9-13-26)37(22-28-29(34)14-10-15-30(28)35)32(39)16-11-19-38(43(5,41)42)27-18-17-23(2)24(3)20-27/h7-10,12-15,17-18,20,25,31H,6,11,16,19,21-22H2,1-5H3,(H,36,40)/t25-,31-/m1/s1. The number of sulfonamides is 1. The molecule has 0 fully saturated rings. The number of benzene rings is 3. The van der Waals surface area contributed by atoms with Gasteiger partial charge in [-0.1, -0.05) is 72.6 Å². The fourth-order valence-electron chi connectivity index (χ4n) is 4.73. The van der Waals surface area contributed by atoms with Gasteiger partial charge in [-0.25, -0.2) is 8.42 Å². The van der Waals surface area contributed by atoms with Gasteiger partial charge in [0.1, 0.15) is 6.04 Å². The minimum Gasteiger partial charge on any atom is -0.352 e. The average molecular weight is 647 g/mol. The molecule has 3 rings (SSSR count). The van der Waals surface area contributed by atoms with Gasteiger partial charge in [-0.15, -0.1) is 0 Å². The van der Waals surface area contributed by atoms with Gasteiger partial charge in [0, 0.05) is 47.6 Å². The molecule has 232 valence electrons. The number of nitrogens with one attached hydrogen (secondary N) is 1. The molecule has 7 nitrogen and oxygen atoms in total. The van der Waals surface area contributed by atoms with Crippen LogP contribution in [0.15, 0.2) is 66.7 Å². The molecule has 0 aliphatic carbocycles. The summed E-state index contributed by atoms with van der Waals surface area (Å²) in [5, 5.41) is 3.82. The molecule has 0 aromatic heterocycles. The van der Waals surface area contributed by atoms with Gasteiger partial charge in [0.05, 0.1) is 11.9 Å². The minimum absolute atomic E-state index is 0.0147. The molecule has 0 radical (unpaired) electrons. The van der Waals surface area contributed by atoms with E-state index in [2.05, 4.69) is 5.32 Å². The first kappa shape index (κ1) is 34.4. The molecule has 0 aliphatic rings. The van der Waals surface area contributed by atoms with E-state index in [4.69, 9.17) is 23.2 Å². The first-order valence-corrected chi connectivity index (χ1v) is 17.0. The van der Waals surface area contributed by atoms with Crippen molar-refractivity contribution in [2.24, 2.45) is 0 Å². The maximum atomic E-state index is 14.0. The Bertz CT molecular complexity index is 1500. The zero-order valence-electron chi connectivity index (χ0n) is 25.4. The van der Waals surface area contributed by atoms with E-state index in [9.17, 15) is 18.0 Å². The molecule has 2 amide bonds. The number of nitrogens with zero attached hydrogens (tertiary/aromatic N) is 2. The van der Waals surface area contributed by atoms with Crippen LogP contribution in [0.3, 0.4) is 0 Å². The van der Waals surface area contributed by atoms with Crippen LogP contribution >= 0.6 is 23.2 Å². The number of rotatable bonds is 14. The molecule has 10 heteroatoms. The molecule has 3 aromatic rings. The molecular formula is C33H41Cl2N3O4S. The molecule has 43 heavy (non-hydrogen) atoms. The Morgan fingerprint density at radius 1 is 0.930 bits per heavy atom. The van der Waals surface area contributed by atoms with Gasteiger partial charge >= 0.3 is 0 Å². The van der Waals surface area contributed by atoms with Crippen LogP contribution in [0.5, 0.6) is 0 Å². The van der Waals surface area contributed by atoms with Crippen LogP contribution in [0.1, 0.15) is 55.4 Å². The van der Waals surface area contributed by atoms with E-state index in [1.165, 1.54) is 9.21 Å². The summed E-state index contributed by atoms with van der Waals surface area (Å²) in [5.41, 5.74) is 4.02. The van der Waals surface area contributed by atoms with Gasteiger partial charge in [-0.3, -0.25) is 13.9 Å². The van der Waals surface area contributed by atoms with Gasteiger partial charge < -0.3 is 10.2 Å². The first-order chi connectivity index (χ1) is 20.3. The second-order valence-corrected chi connectivity index (χ2v) is 13.7. The number of hydrogen-bond acceptors (Lipinski definition) is 4. The lowest BCUT2D eigenvalue weighted by Gasteiger charge is -2.33. The highest BCUT2D eigenvalue weighted by Crippen LogP contribution is 2.28. The van der Waals surface area contributed by atoms with Crippen LogP contribution in [-0.4, -0.2) is 50.0 Å². The lowest BCUT2D eigenvalue weighted by atomic mass is 10.0. The number of amides is 2. The van der Waals surface area contributed by atoms with E-state index in [1.807, 2.05) is 70.2 Å². The number of halogens is 2. The normalized spacial score (nSPS) is 12.8. The largest absolute Gasteiger partial charge is 0.352 e. The zero-order valence-corrected chi connectivity index (χ0v) is 27.8. The summed E-state index contributed by atoms with van der Waals surface area (Å²) < 4.78 is 26.8. The number of anilines is 1. The highest BCUT2D eigenvalue weighted by atomic mass is 35.5. The zero-order chi connectivity index (χ0) is 31.7. The predicted molar refractivity (Wildman–Crippen MR) is 176 cm³/mol. The van der Waals surface area contributed by atoms with Crippen LogP contribution < -0.4 is 9.62 Å². The van der Waals surface area contributed by atoms with E-state index in [1.54, 1.807) is 24.3 Å². The maximum Gasteiger partial charge on any atom is 0.243 e. The van der Waals surface area contributed by atoms with Gasteiger partial charge in [-0.2, -0.15) is 0 Å². The van der Waals surface area contributed by atoms with Crippen molar-refractivity contribution in [3.05, 3.63) is 99.0 Å². The quantitative estimate of drug-likeness (QED) is 0.211. The van der Waals surface area contributed by atoms with Crippen LogP contribution in [-0.2, 0) is 32.6 Å². The van der Waals surface area contributed by atoms with Crippen molar-refractivity contribution in [3.63, 3.8) is 0 Å². The number of carbonyl (C=O) groups excluding carboxylic acids is 2. The highest BCUT2D eigenvalue weighted by molar-refractivity contribution is 7.92. The number of hydrogen-bond donors (Lipinski definition) is 1. The molecule has 1 N–H and O–H groups in total. The fourth-order valence-corrected chi connectivity index (χ4v) is 6.21. The number of carbonyl (C=O) groups is 2. The molecular weight excluding hydrogens is 605 g/mol. The topological polar surface area (TPSA) is 86.8 Å². The fraction of sp³-hybridized carbons (Fsp3) is 0.394. The van der Waals surface area contributed by atoms with Crippen molar-refractivity contribution in [2.45, 2.75) is 72.0 Å². The lowest BCUT2D eigenvalue weighted by Crippen LogP contribution is -2.52. The monoisotopic (exact) mass is 645 g/mol. The van der Waals surface area contributed by atoms with Crippen molar-refractivity contribution < 1.29 is 18.0 Å². The molecule has 0 spiro atoms. The molecule has 3 aromatic carbocycles. The molecule has 2 atom stereocenters. The summed E-state index contributed by atoms with van der Waals surface area (Å²) in [7, 11) is -3.60. The summed E-state index contributed by atoms with van der Waals surface area (Å²) in [5.74, 6) is -0.577. The SMILES string of the molecule is CC[C@@H](C)NC(=O)[C@@H](Cc1ccccc1)N(Cc1c(Cl)cccc1Cl)C(=O)CCCN(c1ccc(C)c(C)c1)S(C)(=O)=O. The third-order valence-corrected chi connectivity index (χ3v) is 9.50. The Kier molecular flexibility index (Phi) is 12.5. The van der Waals surface area contributed by atoms with Gasteiger partial charge in [0.2, 0.25) is 21.8 Å². The second kappa shape index (κ2) is 15.6. The predicted octanol–water partition coefficient (Wildman–Crippen LogP) is 6.71. The molecule has 0 saturated carbocycles. The maximum absolute atomic E-state index is 14.0. The second-order valence-electron chi connectivity index (χ2n) is 11.0. The van der Waals surface area contributed by atoms with Crippen molar-refractivity contribution in [2.75, 3.05) is 17.1 Å². The van der Waals surface area contributed by atoms with Crippen LogP contribution in [0, 0.1) is 13.8 Å². The van der Waals surface area contributed by atoms with E-state index in [-0.39, 0.29) is 50.2 Å². The first-order valence-electron chi connectivity index (χ1n) is 14.4. The molecule has 0 unspecified atom stereocenters. The minimum atomic E-state index is -3.60. The van der Waals surface area contributed by atoms with E-state index < -0.39 is 16.1 Å². The molecule has 0 heterocycles. The van der Waals surface area contributed by atoms with E-state index in [0.29, 0.717) is 21.3 Å².